The molecule has 0 aliphatic carbocycles. The number of hydrogen-bond donors (Lipinski definition) is 1. The van der Waals surface area contributed by atoms with Gasteiger partial charge in [-0.3, -0.25) is 4.79 Å². The second kappa shape index (κ2) is 9.74. The first-order valence-electron chi connectivity index (χ1n) is 10.4. The van der Waals surface area contributed by atoms with E-state index >= 15 is 0 Å². The van der Waals surface area contributed by atoms with E-state index in [1.807, 2.05) is 18.2 Å². The second-order valence-electron chi connectivity index (χ2n) is 7.70. The molecule has 1 saturated heterocycles. The molecule has 2 aromatic rings. The molecule has 1 N–H and O–H groups in total. The van der Waals surface area contributed by atoms with Gasteiger partial charge in [-0.25, -0.2) is 8.42 Å². The summed E-state index contributed by atoms with van der Waals surface area (Å²) in [4.78, 5) is 13.0. The number of nitrogens with one attached hydrogen (secondary N) is 1. The first-order chi connectivity index (χ1) is 14.8. The second-order valence-corrected chi connectivity index (χ2v) is 9.60. The molecule has 1 fully saturated rings. The molecule has 31 heavy (non-hydrogen) atoms. The maximum atomic E-state index is 13.1. The van der Waals surface area contributed by atoms with Crippen molar-refractivity contribution in [2.24, 2.45) is 7.05 Å². The average Bonchev–Trinajstić information content (AvgIpc) is 3.09. The van der Waals surface area contributed by atoms with Gasteiger partial charge < -0.3 is 19.4 Å². The molecule has 1 aromatic heterocycles. The van der Waals surface area contributed by atoms with Gasteiger partial charge in [0.15, 0.2) is 11.5 Å². The zero-order valence-corrected chi connectivity index (χ0v) is 19.4. The molecule has 1 aromatic carbocycles. The van der Waals surface area contributed by atoms with E-state index in [0.717, 1.165) is 24.8 Å². The summed E-state index contributed by atoms with van der Waals surface area (Å²) in [5.41, 5.74) is 1.89. The highest BCUT2D eigenvalue weighted by molar-refractivity contribution is 7.89. The Bertz CT molecular complexity index is 1040. The van der Waals surface area contributed by atoms with Gasteiger partial charge in [-0.15, -0.1) is 0 Å². The Morgan fingerprint density at radius 1 is 1.06 bits per heavy atom. The van der Waals surface area contributed by atoms with E-state index < -0.39 is 10.0 Å². The van der Waals surface area contributed by atoms with Crippen molar-refractivity contribution in [3.05, 3.63) is 41.2 Å². The number of ether oxygens (including phenoxy) is 2. The molecular formula is C22H31N3O5S. The van der Waals surface area contributed by atoms with Crippen LogP contribution in [0.3, 0.4) is 0 Å². The van der Waals surface area contributed by atoms with Gasteiger partial charge in [0, 0.05) is 32.4 Å². The lowest BCUT2D eigenvalue weighted by atomic mass is 10.1. The van der Waals surface area contributed by atoms with Crippen LogP contribution >= 0.6 is 0 Å². The molecule has 1 aliphatic rings. The van der Waals surface area contributed by atoms with Crippen LogP contribution < -0.4 is 14.8 Å². The minimum atomic E-state index is -3.60. The molecule has 0 radical (unpaired) electrons. The largest absolute Gasteiger partial charge is 0.493 e. The smallest absolute Gasteiger partial charge is 0.267 e. The minimum Gasteiger partial charge on any atom is -0.493 e. The zero-order valence-electron chi connectivity index (χ0n) is 18.6. The summed E-state index contributed by atoms with van der Waals surface area (Å²) in [5, 5.41) is 2.89. The van der Waals surface area contributed by atoms with Crippen LogP contribution in [0, 0.1) is 6.92 Å². The fourth-order valence-corrected chi connectivity index (χ4v) is 5.63. The number of rotatable bonds is 8. The lowest BCUT2D eigenvalue weighted by molar-refractivity contribution is 0.0945. The Balaban J connectivity index is 1.69. The first kappa shape index (κ1) is 23.1. The number of piperidine rings is 1. The predicted molar refractivity (Wildman–Crippen MR) is 118 cm³/mol. The van der Waals surface area contributed by atoms with E-state index in [2.05, 4.69) is 5.32 Å². The first-order valence-corrected chi connectivity index (χ1v) is 11.9. The third-order valence-electron chi connectivity index (χ3n) is 5.80. The van der Waals surface area contributed by atoms with Crippen LogP contribution in [0.4, 0.5) is 0 Å². The van der Waals surface area contributed by atoms with Gasteiger partial charge >= 0.3 is 0 Å². The van der Waals surface area contributed by atoms with Crippen molar-refractivity contribution in [3.63, 3.8) is 0 Å². The maximum absolute atomic E-state index is 13.1. The van der Waals surface area contributed by atoms with Gasteiger partial charge in [0.05, 0.1) is 14.2 Å². The van der Waals surface area contributed by atoms with Gasteiger partial charge in [-0.05, 0) is 49.9 Å². The maximum Gasteiger partial charge on any atom is 0.267 e. The molecule has 1 amide bonds. The normalized spacial score (nSPS) is 15.0. The van der Waals surface area contributed by atoms with Gasteiger partial charge in [0.25, 0.3) is 5.91 Å². The summed E-state index contributed by atoms with van der Waals surface area (Å²) in [6.07, 6.45) is 3.39. The fraction of sp³-hybridized carbons (Fsp3) is 0.500. The number of aromatic nitrogens is 1. The number of carbonyl (C=O) groups excluding carboxylic acids is 1. The highest BCUT2D eigenvalue weighted by Crippen LogP contribution is 2.28. The topological polar surface area (TPSA) is 89.9 Å². The summed E-state index contributed by atoms with van der Waals surface area (Å²) in [6.45, 7) is 3.21. The number of carbonyl (C=O) groups is 1. The van der Waals surface area contributed by atoms with Crippen LogP contribution in [0.2, 0.25) is 0 Å². The van der Waals surface area contributed by atoms with E-state index in [1.54, 1.807) is 32.8 Å². The van der Waals surface area contributed by atoms with Crippen molar-refractivity contribution < 1.29 is 22.7 Å². The van der Waals surface area contributed by atoms with Crippen molar-refractivity contribution in [2.75, 3.05) is 33.9 Å². The van der Waals surface area contributed by atoms with Crippen molar-refractivity contribution in [1.82, 2.24) is 14.2 Å². The molecule has 1 aliphatic heterocycles. The highest BCUT2D eigenvalue weighted by Gasteiger charge is 2.30. The number of nitrogens with zero attached hydrogens (tertiary/aromatic N) is 2. The number of hydrogen-bond acceptors (Lipinski definition) is 5. The van der Waals surface area contributed by atoms with Crippen LogP contribution in [-0.4, -0.2) is 57.1 Å². The molecule has 9 heteroatoms. The van der Waals surface area contributed by atoms with Gasteiger partial charge in [0.1, 0.15) is 10.6 Å². The lowest BCUT2D eigenvalue weighted by Gasteiger charge is -2.25. The molecule has 3 rings (SSSR count). The highest BCUT2D eigenvalue weighted by atomic mass is 32.2. The molecular weight excluding hydrogens is 418 g/mol. The Morgan fingerprint density at radius 2 is 1.74 bits per heavy atom. The third-order valence-corrected chi connectivity index (χ3v) is 7.82. The van der Waals surface area contributed by atoms with Crippen molar-refractivity contribution in [1.29, 1.82) is 0 Å². The number of benzene rings is 1. The lowest BCUT2D eigenvalue weighted by Crippen LogP contribution is -2.35. The van der Waals surface area contributed by atoms with Crippen LogP contribution in [0.5, 0.6) is 11.5 Å². The summed E-state index contributed by atoms with van der Waals surface area (Å²) < 4.78 is 39.9. The molecule has 0 atom stereocenters. The van der Waals surface area contributed by atoms with E-state index in [9.17, 15) is 13.2 Å². The van der Waals surface area contributed by atoms with Gasteiger partial charge in [-0.2, -0.15) is 4.31 Å². The Labute approximate surface area is 184 Å². The van der Waals surface area contributed by atoms with Gasteiger partial charge in [0.2, 0.25) is 10.0 Å². The average molecular weight is 450 g/mol. The molecule has 170 valence electrons. The predicted octanol–water partition coefficient (Wildman–Crippen LogP) is 2.50. The number of sulfonamides is 1. The fourth-order valence-electron chi connectivity index (χ4n) is 3.84. The molecule has 0 spiro atoms. The van der Waals surface area contributed by atoms with Crippen molar-refractivity contribution in [2.45, 2.75) is 37.5 Å². The standard InChI is InChI=1S/C22H31N3O5S/c1-16-21(31(27,28)25-12-6-5-7-13-25)15-18(24(16)2)22(26)23-11-10-17-8-9-19(29-3)20(14-17)30-4/h8-9,14-15H,5-7,10-13H2,1-4H3,(H,23,26). The van der Waals surface area contributed by atoms with Crippen molar-refractivity contribution in [3.8, 4) is 11.5 Å². The van der Waals surface area contributed by atoms with E-state index in [-0.39, 0.29) is 10.8 Å². The summed E-state index contributed by atoms with van der Waals surface area (Å²) >= 11 is 0. The quantitative estimate of drug-likeness (QED) is 0.669. The monoisotopic (exact) mass is 449 g/mol. The SMILES string of the molecule is COc1ccc(CCNC(=O)c2cc(S(=O)(=O)N3CCCCC3)c(C)n2C)cc1OC. The Kier molecular flexibility index (Phi) is 7.27. The van der Waals surface area contributed by atoms with E-state index in [1.165, 1.54) is 10.4 Å². The minimum absolute atomic E-state index is 0.210. The van der Waals surface area contributed by atoms with Crippen LogP contribution in [0.1, 0.15) is 41.0 Å². The van der Waals surface area contributed by atoms with Crippen LogP contribution in [-0.2, 0) is 23.5 Å². The van der Waals surface area contributed by atoms with E-state index in [0.29, 0.717) is 48.9 Å². The van der Waals surface area contributed by atoms with Crippen LogP contribution in [0.25, 0.3) is 0 Å². The molecule has 2 heterocycles. The molecule has 8 nitrogen and oxygen atoms in total. The Hall–Kier alpha value is -2.52. The molecule has 0 unspecified atom stereocenters. The van der Waals surface area contributed by atoms with Crippen molar-refractivity contribution >= 4 is 15.9 Å². The van der Waals surface area contributed by atoms with Crippen LogP contribution in [0.15, 0.2) is 29.2 Å². The number of methoxy groups -OCH3 is 2. The van der Waals surface area contributed by atoms with E-state index in [4.69, 9.17) is 9.47 Å². The summed E-state index contributed by atoms with van der Waals surface area (Å²) in [7, 11) is 1.28. The van der Waals surface area contributed by atoms with Gasteiger partial charge in [-0.1, -0.05) is 12.5 Å². The number of amides is 1. The zero-order chi connectivity index (χ0) is 22.6. The Morgan fingerprint density at radius 3 is 2.39 bits per heavy atom. The molecule has 0 bridgehead atoms. The third kappa shape index (κ3) is 4.88. The molecule has 0 saturated carbocycles. The summed E-state index contributed by atoms with van der Waals surface area (Å²) in [5.74, 6) is 0.986. The summed E-state index contributed by atoms with van der Waals surface area (Å²) in [6, 6.07) is 7.11.